The highest BCUT2D eigenvalue weighted by Crippen LogP contribution is 2.42. The molecule has 0 aliphatic carbocycles. The van der Waals surface area contributed by atoms with Crippen LogP contribution in [0.1, 0.15) is 59.3 Å². The van der Waals surface area contributed by atoms with Crippen LogP contribution in [0.4, 0.5) is 26.3 Å². The Morgan fingerprint density at radius 3 is 2.16 bits per heavy atom. The van der Waals surface area contributed by atoms with Crippen molar-refractivity contribution >= 4 is 29.1 Å². The number of aromatic nitrogens is 1. The SMILES string of the molecule is CC(CCNC(=O)c1c(Cl)cncc1Cl)N1CCC(C(Oc2ccccc2C(F)(F)F)c2ccc(C(F)(F)F)cc2)CC1. The Morgan fingerprint density at radius 2 is 1.58 bits per heavy atom. The van der Waals surface area contributed by atoms with Gasteiger partial charge in [0.1, 0.15) is 11.9 Å². The lowest BCUT2D eigenvalue weighted by Crippen LogP contribution is -2.43. The van der Waals surface area contributed by atoms with E-state index in [0.29, 0.717) is 44.5 Å². The number of nitrogens with zero attached hydrogens (tertiary/aromatic N) is 2. The molecule has 232 valence electrons. The first-order valence-electron chi connectivity index (χ1n) is 13.6. The molecule has 2 atom stereocenters. The topological polar surface area (TPSA) is 54.5 Å². The third-order valence-electron chi connectivity index (χ3n) is 7.57. The predicted octanol–water partition coefficient (Wildman–Crippen LogP) is 8.47. The summed E-state index contributed by atoms with van der Waals surface area (Å²) in [4.78, 5) is 18.6. The molecule has 1 aliphatic heterocycles. The van der Waals surface area contributed by atoms with Crippen LogP contribution in [0.2, 0.25) is 10.0 Å². The smallest absolute Gasteiger partial charge is 0.419 e. The Bertz CT molecular complexity index is 1370. The first kappa shape index (κ1) is 32.9. The normalized spacial score (nSPS) is 16.5. The number of likely N-dealkylation sites (tertiary alicyclic amines) is 1. The lowest BCUT2D eigenvalue weighted by atomic mass is 9.86. The second-order valence-corrected chi connectivity index (χ2v) is 11.2. The summed E-state index contributed by atoms with van der Waals surface area (Å²) >= 11 is 12.1. The van der Waals surface area contributed by atoms with Crippen molar-refractivity contribution in [2.45, 2.75) is 50.7 Å². The molecule has 1 aliphatic rings. The Hall–Kier alpha value is -3.02. The number of piperidine rings is 1. The summed E-state index contributed by atoms with van der Waals surface area (Å²) in [5.41, 5.74) is -1.29. The van der Waals surface area contributed by atoms with Gasteiger partial charge in [0.15, 0.2) is 0 Å². The van der Waals surface area contributed by atoms with Crippen LogP contribution in [-0.2, 0) is 12.4 Å². The molecule has 5 nitrogen and oxygen atoms in total. The Labute approximate surface area is 255 Å². The van der Waals surface area contributed by atoms with Gasteiger partial charge in [-0.15, -0.1) is 0 Å². The average molecular weight is 648 g/mol. The fraction of sp³-hybridized carbons (Fsp3) is 0.400. The number of alkyl halides is 6. The fourth-order valence-corrected chi connectivity index (χ4v) is 5.73. The Kier molecular flexibility index (Phi) is 10.5. The number of benzene rings is 2. The van der Waals surface area contributed by atoms with E-state index in [1.165, 1.54) is 42.7 Å². The number of carbonyl (C=O) groups excluding carboxylic acids is 1. The monoisotopic (exact) mass is 647 g/mol. The highest BCUT2D eigenvalue weighted by molar-refractivity contribution is 6.39. The van der Waals surface area contributed by atoms with Crippen molar-refractivity contribution in [3.8, 4) is 5.75 Å². The highest BCUT2D eigenvalue weighted by atomic mass is 35.5. The molecule has 4 rings (SSSR count). The van der Waals surface area contributed by atoms with E-state index in [1.54, 1.807) is 0 Å². The maximum Gasteiger partial charge on any atom is 0.419 e. The number of rotatable bonds is 9. The molecule has 1 fully saturated rings. The number of amides is 1. The summed E-state index contributed by atoms with van der Waals surface area (Å²) in [5.74, 6) is -1.04. The molecule has 0 saturated carbocycles. The number of halogens is 8. The number of carbonyl (C=O) groups is 1. The van der Waals surface area contributed by atoms with Crippen molar-refractivity contribution in [1.82, 2.24) is 15.2 Å². The summed E-state index contributed by atoms with van der Waals surface area (Å²) in [6.07, 6.45) is -5.75. The van der Waals surface area contributed by atoms with E-state index in [9.17, 15) is 31.1 Å². The molecule has 2 aromatic carbocycles. The first-order valence-corrected chi connectivity index (χ1v) is 14.3. The van der Waals surface area contributed by atoms with E-state index in [4.69, 9.17) is 27.9 Å². The molecule has 1 aromatic heterocycles. The molecule has 13 heteroatoms. The van der Waals surface area contributed by atoms with Gasteiger partial charge in [0.2, 0.25) is 0 Å². The van der Waals surface area contributed by atoms with Crippen LogP contribution < -0.4 is 10.1 Å². The largest absolute Gasteiger partial charge is 0.485 e. The summed E-state index contributed by atoms with van der Waals surface area (Å²) in [7, 11) is 0. The van der Waals surface area contributed by atoms with Gasteiger partial charge in [-0.3, -0.25) is 9.78 Å². The van der Waals surface area contributed by atoms with Gasteiger partial charge in [0, 0.05) is 30.9 Å². The zero-order valence-electron chi connectivity index (χ0n) is 23.0. The molecule has 1 N–H and O–H groups in total. The maximum atomic E-state index is 13.7. The first-order chi connectivity index (χ1) is 20.3. The number of nitrogens with one attached hydrogen (secondary N) is 1. The van der Waals surface area contributed by atoms with Crippen molar-refractivity contribution in [3.63, 3.8) is 0 Å². The number of pyridine rings is 1. The zero-order chi connectivity index (χ0) is 31.4. The van der Waals surface area contributed by atoms with Crippen LogP contribution in [0.25, 0.3) is 0 Å². The van der Waals surface area contributed by atoms with Gasteiger partial charge >= 0.3 is 12.4 Å². The van der Waals surface area contributed by atoms with Gasteiger partial charge in [0.25, 0.3) is 5.91 Å². The molecular weight excluding hydrogens is 619 g/mol. The standard InChI is InChI=1S/C30H29Cl2F6N3O2/c1-18(10-13-40-28(42)26-23(31)16-39-17-24(26)32)41-14-11-20(12-15-41)27(19-6-8-21(9-7-19)29(33,34)35)43-25-5-3-2-4-22(25)30(36,37)38/h2-9,16-18,20,27H,10-15H2,1H3,(H,40,42). The molecule has 2 unspecified atom stereocenters. The minimum absolute atomic E-state index is 0.0565. The molecule has 1 amide bonds. The summed E-state index contributed by atoms with van der Waals surface area (Å²) in [6, 6.07) is 9.24. The van der Waals surface area contributed by atoms with Crippen LogP contribution >= 0.6 is 23.2 Å². The second kappa shape index (κ2) is 13.7. The van der Waals surface area contributed by atoms with Crippen molar-refractivity contribution in [2.75, 3.05) is 19.6 Å². The summed E-state index contributed by atoms with van der Waals surface area (Å²) in [5, 5.41) is 3.09. The van der Waals surface area contributed by atoms with E-state index in [2.05, 4.69) is 15.2 Å². The van der Waals surface area contributed by atoms with Crippen molar-refractivity contribution in [2.24, 2.45) is 5.92 Å². The van der Waals surface area contributed by atoms with E-state index in [0.717, 1.165) is 18.2 Å². The van der Waals surface area contributed by atoms with Crippen molar-refractivity contribution in [3.05, 3.63) is 93.2 Å². The lowest BCUT2D eigenvalue weighted by molar-refractivity contribution is -0.140. The van der Waals surface area contributed by atoms with E-state index in [-0.39, 0.29) is 33.3 Å². The number of ether oxygens (including phenoxy) is 1. The van der Waals surface area contributed by atoms with Crippen LogP contribution in [0.15, 0.2) is 60.9 Å². The quantitative estimate of drug-likeness (QED) is 0.237. The third-order valence-corrected chi connectivity index (χ3v) is 8.14. The number of hydrogen-bond donors (Lipinski definition) is 1. The average Bonchev–Trinajstić information content (AvgIpc) is 2.95. The molecule has 0 radical (unpaired) electrons. The van der Waals surface area contributed by atoms with E-state index >= 15 is 0 Å². The van der Waals surface area contributed by atoms with E-state index in [1.807, 2.05) is 6.92 Å². The highest BCUT2D eigenvalue weighted by Gasteiger charge is 2.37. The zero-order valence-corrected chi connectivity index (χ0v) is 24.5. The third kappa shape index (κ3) is 8.33. The Balaban J connectivity index is 1.43. The molecular formula is C30H29Cl2F6N3O2. The predicted molar refractivity (Wildman–Crippen MR) is 151 cm³/mol. The van der Waals surface area contributed by atoms with Gasteiger partial charge in [-0.25, -0.2) is 0 Å². The van der Waals surface area contributed by atoms with Gasteiger partial charge in [-0.1, -0.05) is 47.5 Å². The van der Waals surface area contributed by atoms with Crippen molar-refractivity contribution in [1.29, 1.82) is 0 Å². The van der Waals surface area contributed by atoms with Crippen LogP contribution in [0.5, 0.6) is 5.75 Å². The maximum absolute atomic E-state index is 13.7. The number of hydrogen-bond acceptors (Lipinski definition) is 4. The molecule has 43 heavy (non-hydrogen) atoms. The van der Waals surface area contributed by atoms with Crippen LogP contribution in [0, 0.1) is 5.92 Å². The van der Waals surface area contributed by atoms with Gasteiger partial charge in [0.05, 0.1) is 26.7 Å². The minimum Gasteiger partial charge on any atom is -0.485 e. The number of para-hydroxylation sites is 1. The van der Waals surface area contributed by atoms with Crippen LogP contribution in [-0.4, -0.2) is 41.5 Å². The summed E-state index contributed by atoms with van der Waals surface area (Å²) in [6.45, 7) is 3.52. The molecule has 2 heterocycles. The minimum atomic E-state index is -4.66. The van der Waals surface area contributed by atoms with Crippen LogP contribution in [0.3, 0.4) is 0 Å². The molecule has 0 bridgehead atoms. The lowest BCUT2D eigenvalue weighted by Gasteiger charge is -2.39. The van der Waals surface area contributed by atoms with Crippen molar-refractivity contribution < 1.29 is 35.9 Å². The summed E-state index contributed by atoms with van der Waals surface area (Å²) < 4.78 is 86.6. The van der Waals surface area contributed by atoms with Gasteiger partial charge in [-0.2, -0.15) is 26.3 Å². The molecule has 3 aromatic rings. The second-order valence-electron chi connectivity index (χ2n) is 10.4. The fourth-order valence-electron chi connectivity index (χ4n) is 5.20. The molecule has 1 saturated heterocycles. The van der Waals surface area contributed by atoms with Gasteiger partial charge in [-0.05, 0) is 69.1 Å². The molecule has 0 spiro atoms. The van der Waals surface area contributed by atoms with Gasteiger partial charge < -0.3 is 15.0 Å². The Morgan fingerprint density at radius 1 is 0.977 bits per heavy atom. The van der Waals surface area contributed by atoms with E-state index < -0.39 is 35.5 Å².